The molecule has 1 N–H and O–H groups in total. The summed E-state index contributed by atoms with van der Waals surface area (Å²) in [6, 6.07) is 13.4. The number of hydrogen-bond acceptors (Lipinski definition) is 3. The van der Waals surface area contributed by atoms with Crippen LogP contribution in [0, 0.1) is 0 Å². The number of para-hydroxylation sites is 1. The summed E-state index contributed by atoms with van der Waals surface area (Å²) < 4.78 is 5.82. The molecule has 4 nitrogen and oxygen atoms in total. The molecule has 22 heavy (non-hydrogen) atoms. The van der Waals surface area contributed by atoms with Crippen LogP contribution in [-0.2, 0) is 11.3 Å². The molecule has 0 aliphatic carbocycles. The Morgan fingerprint density at radius 2 is 1.86 bits per heavy atom. The van der Waals surface area contributed by atoms with Crippen molar-refractivity contribution in [3.63, 3.8) is 0 Å². The van der Waals surface area contributed by atoms with Crippen LogP contribution in [0.2, 0.25) is 0 Å². The molecule has 1 amide bonds. The Morgan fingerprint density at radius 1 is 1.14 bits per heavy atom. The van der Waals surface area contributed by atoms with Gasteiger partial charge in [0.05, 0.1) is 12.2 Å². The van der Waals surface area contributed by atoms with Crippen molar-refractivity contribution >= 4 is 5.91 Å². The molecule has 0 saturated heterocycles. The summed E-state index contributed by atoms with van der Waals surface area (Å²) in [5.41, 5.74) is 1.93. The van der Waals surface area contributed by atoms with Gasteiger partial charge in [0.15, 0.2) is 6.10 Å². The number of aromatic nitrogens is 1. The van der Waals surface area contributed by atoms with Gasteiger partial charge in [0, 0.05) is 6.20 Å². The van der Waals surface area contributed by atoms with Crippen LogP contribution in [0.4, 0.5) is 0 Å². The summed E-state index contributed by atoms with van der Waals surface area (Å²) in [4.78, 5) is 16.3. The second-order valence-electron chi connectivity index (χ2n) is 5.49. The molecule has 4 heteroatoms. The Kier molecular flexibility index (Phi) is 5.53. The Hall–Kier alpha value is -2.36. The van der Waals surface area contributed by atoms with E-state index in [2.05, 4.69) is 24.1 Å². The van der Waals surface area contributed by atoms with Crippen LogP contribution >= 0.6 is 0 Å². The third kappa shape index (κ3) is 4.32. The van der Waals surface area contributed by atoms with Crippen LogP contribution in [0.5, 0.6) is 5.75 Å². The topological polar surface area (TPSA) is 51.2 Å². The van der Waals surface area contributed by atoms with Crippen LogP contribution in [-0.4, -0.2) is 17.0 Å². The monoisotopic (exact) mass is 298 g/mol. The number of ether oxygens (including phenoxy) is 1. The highest BCUT2D eigenvalue weighted by Gasteiger charge is 2.16. The number of amides is 1. The van der Waals surface area contributed by atoms with E-state index in [1.165, 1.54) is 0 Å². The zero-order chi connectivity index (χ0) is 15.9. The predicted octanol–water partition coefficient (Wildman–Crippen LogP) is 3.29. The number of nitrogens with one attached hydrogen (secondary N) is 1. The molecular weight excluding hydrogens is 276 g/mol. The lowest BCUT2D eigenvalue weighted by atomic mass is 10.0. The standard InChI is InChI=1S/C18H22N2O2/c1-13(2)16-9-4-5-10-17(16)22-14(3)18(21)20-12-15-8-6-7-11-19-15/h4-11,13-14H,12H2,1-3H3,(H,20,21). The van der Waals surface area contributed by atoms with Crippen LogP contribution < -0.4 is 10.1 Å². The van der Waals surface area contributed by atoms with Crippen LogP contribution in [0.3, 0.4) is 0 Å². The fourth-order valence-corrected chi connectivity index (χ4v) is 2.13. The SMILES string of the molecule is CC(Oc1ccccc1C(C)C)C(=O)NCc1ccccn1. The van der Waals surface area contributed by atoms with Crippen LogP contribution in [0.15, 0.2) is 48.7 Å². The summed E-state index contributed by atoms with van der Waals surface area (Å²) in [5, 5.41) is 2.84. The first kappa shape index (κ1) is 16.0. The summed E-state index contributed by atoms with van der Waals surface area (Å²) >= 11 is 0. The molecule has 0 aliphatic rings. The van der Waals surface area contributed by atoms with Gasteiger partial charge in [-0.3, -0.25) is 9.78 Å². The molecule has 0 spiro atoms. The van der Waals surface area contributed by atoms with Crippen molar-refractivity contribution < 1.29 is 9.53 Å². The number of pyridine rings is 1. The Balaban J connectivity index is 1.94. The molecule has 1 atom stereocenters. The highest BCUT2D eigenvalue weighted by Crippen LogP contribution is 2.26. The molecule has 0 aliphatic heterocycles. The molecule has 1 unspecified atom stereocenters. The summed E-state index contributed by atoms with van der Waals surface area (Å²) in [6.45, 7) is 6.37. The van der Waals surface area contributed by atoms with Gasteiger partial charge in [0.2, 0.25) is 0 Å². The van der Waals surface area contributed by atoms with Gasteiger partial charge in [0.25, 0.3) is 5.91 Å². The van der Waals surface area contributed by atoms with Gasteiger partial charge in [0.1, 0.15) is 5.75 Å². The van der Waals surface area contributed by atoms with Crippen molar-refractivity contribution in [2.45, 2.75) is 39.3 Å². The van der Waals surface area contributed by atoms with Crippen molar-refractivity contribution in [2.75, 3.05) is 0 Å². The Morgan fingerprint density at radius 3 is 2.55 bits per heavy atom. The van der Waals surface area contributed by atoms with Gasteiger partial charge < -0.3 is 10.1 Å². The van der Waals surface area contributed by atoms with Crippen molar-refractivity contribution in [1.82, 2.24) is 10.3 Å². The minimum atomic E-state index is -0.552. The number of rotatable bonds is 6. The average molecular weight is 298 g/mol. The van der Waals surface area contributed by atoms with Crippen molar-refractivity contribution in [1.29, 1.82) is 0 Å². The molecule has 0 bridgehead atoms. The molecule has 116 valence electrons. The van der Waals surface area contributed by atoms with E-state index < -0.39 is 6.10 Å². The Bertz CT molecular complexity index is 611. The van der Waals surface area contributed by atoms with Gasteiger partial charge in [-0.25, -0.2) is 0 Å². The first-order valence-corrected chi connectivity index (χ1v) is 7.51. The molecule has 1 heterocycles. The maximum absolute atomic E-state index is 12.1. The van der Waals surface area contributed by atoms with Crippen LogP contribution in [0.1, 0.15) is 37.9 Å². The minimum absolute atomic E-state index is 0.149. The van der Waals surface area contributed by atoms with E-state index in [4.69, 9.17) is 4.74 Å². The molecule has 1 aromatic carbocycles. The van der Waals surface area contributed by atoms with E-state index >= 15 is 0 Å². The number of benzene rings is 1. The van der Waals surface area contributed by atoms with E-state index in [1.807, 2.05) is 42.5 Å². The summed E-state index contributed by atoms with van der Waals surface area (Å²) in [7, 11) is 0. The molecule has 0 radical (unpaired) electrons. The zero-order valence-electron chi connectivity index (χ0n) is 13.2. The second-order valence-corrected chi connectivity index (χ2v) is 5.49. The van der Waals surface area contributed by atoms with E-state index in [0.717, 1.165) is 17.0 Å². The molecular formula is C18H22N2O2. The number of nitrogens with zero attached hydrogens (tertiary/aromatic N) is 1. The number of carbonyl (C=O) groups excluding carboxylic acids is 1. The van der Waals surface area contributed by atoms with E-state index in [9.17, 15) is 4.79 Å². The van der Waals surface area contributed by atoms with E-state index in [1.54, 1.807) is 13.1 Å². The van der Waals surface area contributed by atoms with Gasteiger partial charge in [-0.15, -0.1) is 0 Å². The van der Waals surface area contributed by atoms with Crippen LogP contribution in [0.25, 0.3) is 0 Å². The lowest BCUT2D eigenvalue weighted by Crippen LogP contribution is -2.36. The maximum atomic E-state index is 12.1. The minimum Gasteiger partial charge on any atom is -0.481 e. The quantitative estimate of drug-likeness (QED) is 0.890. The van der Waals surface area contributed by atoms with E-state index in [-0.39, 0.29) is 5.91 Å². The molecule has 2 rings (SSSR count). The fourth-order valence-electron chi connectivity index (χ4n) is 2.13. The zero-order valence-corrected chi connectivity index (χ0v) is 13.2. The lowest BCUT2D eigenvalue weighted by Gasteiger charge is -2.18. The lowest BCUT2D eigenvalue weighted by molar-refractivity contribution is -0.127. The van der Waals surface area contributed by atoms with E-state index in [0.29, 0.717) is 12.5 Å². The van der Waals surface area contributed by atoms with Gasteiger partial charge in [-0.2, -0.15) is 0 Å². The number of hydrogen-bond donors (Lipinski definition) is 1. The molecule has 1 aromatic heterocycles. The highest BCUT2D eigenvalue weighted by atomic mass is 16.5. The van der Waals surface area contributed by atoms with Gasteiger partial charge >= 0.3 is 0 Å². The summed E-state index contributed by atoms with van der Waals surface area (Å²) in [5.74, 6) is 0.960. The third-order valence-corrected chi connectivity index (χ3v) is 3.38. The maximum Gasteiger partial charge on any atom is 0.261 e. The molecule has 0 saturated carbocycles. The molecule has 0 fully saturated rings. The van der Waals surface area contributed by atoms with Crippen molar-refractivity contribution in [2.24, 2.45) is 0 Å². The molecule has 2 aromatic rings. The Labute approximate surface area is 131 Å². The van der Waals surface area contributed by atoms with Crippen molar-refractivity contribution in [3.8, 4) is 5.75 Å². The smallest absolute Gasteiger partial charge is 0.261 e. The first-order chi connectivity index (χ1) is 10.6. The summed E-state index contributed by atoms with van der Waals surface area (Å²) in [6.07, 6.45) is 1.16. The normalized spacial score (nSPS) is 12.0. The average Bonchev–Trinajstić information content (AvgIpc) is 2.53. The third-order valence-electron chi connectivity index (χ3n) is 3.38. The predicted molar refractivity (Wildman–Crippen MR) is 86.7 cm³/mol. The van der Waals surface area contributed by atoms with Crippen molar-refractivity contribution in [3.05, 3.63) is 59.9 Å². The second kappa shape index (κ2) is 7.59. The largest absolute Gasteiger partial charge is 0.481 e. The van der Waals surface area contributed by atoms with Gasteiger partial charge in [-0.05, 0) is 36.6 Å². The van der Waals surface area contributed by atoms with Gasteiger partial charge in [-0.1, -0.05) is 38.1 Å². The fraction of sp³-hybridized carbons (Fsp3) is 0.333. The number of carbonyl (C=O) groups is 1. The first-order valence-electron chi connectivity index (χ1n) is 7.51. The highest BCUT2D eigenvalue weighted by molar-refractivity contribution is 5.80.